The highest BCUT2D eigenvalue weighted by molar-refractivity contribution is 6.36. The molecule has 0 heterocycles. The van der Waals surface area contributed by atoms with E-state index in [9.17, 15) is 19.7 Å². The molecule has 0 aliphatic heterocycles. The summed E-state index contributed by atoms with van der Waals surface area (Å²) in [6.45, 7) is -0.0388. The number of rotatable bonds is 9. The van der Waals surface area contributed by atoms with Crippen LogP contribution >= 0.6 is 23.2 Å². The maximum atomic E-state index is 13.6. The van der Waals surface area contributed by atoms with E-state index in [1.807, 2.05) is 30.3 Å². The molecule has 0 saturated heterocycles. The molecule has 0 aliphatic carbocycles. The van der Waals surface area contributed by atoms with Crippen LogP contribution < -0.4 is 5.32 Å². The van der Waals surface area contributed by atoms with Gasteiger partial charge in [0.1, 0.15) is 6.04 Å². The second kappa shape index (κ2) is 11.6. The number of halogens is 2. The van der Waals surface area contributed by atoms with Crippen LogP contribution in [0.15, 0.2) is 72.8 Å². The smallest absolute Gasteiger partial charge is 0.273 e. The fourth-order valence-electron chi connectivity index (χ4n) is 3.68. The van der Waals surface area contributed by atoms with E-state index in [2.05, 4.69) is 5.32 Å². The van der Waals surface area contributed by atoms with Crippen LogP contribution in [0.5, 0.6) is 0 Å². The molecular formula is C25H23Cl2N3O4. The van der Waals surface area contributed by atoms with Gasteiger partial charge in [-0.2, -0.15) is 0 Å². The quantitative estimate of drug-likeness (QED) is 0.337. The van der Waals surface area contributed by atoms with Crippen molar-refractivity contribution in [3.05, 3.63) is 110 Å². The van der Waals surface area contributed by atoms with Crippen molar-refractivity contribution in [2.24, 2.45) is 0 Å². The number of carbonyl (C=O) groups is 2. The molecule has 0 radical (unpaired) electrons. The van der Waals surface area contributed by atoms with Gasteiger partial charge in [-0.15, -0.1) is 0 Å². The highest BCUT2D eigenvalue weighted by atomic mass is 35.5. The van der Waals surface area contributed by atoms with Crippen molar-refractivity contribution in [3.8, 4) is 0 Å². The molecule has 0 saturated carbocycles. The number of nitro groups is 1. The molecule has 0 aromatic heterocycles. The van der Waals surface area contributed by atoms with Gasteiger partial charge in [-0.3, -0.25) is 19.7 Å². The lowest BCUT2D eigenvalue weighted by Crippen LogP contribution is -2.50. The summed E-state index contributed by atoms with van der Waals surface area (Å²) in [5, 5.41) is 14.8. The number of benzene rings is 3. The molecule has 3 aromatic carbocycles. The molecule has 0 spiro atoms. The zero-order chi connectivity index (χ0) is 24.7. The van der Waals surface area contributed by atoms with Crippen molar-refractivity contribution in [1.29, 1.82) is 0 Å². The van der Waals surface area contributed by atoms with E-state index in [0.29, 0.717) is 15.6 Å². The summed E-state index contributed by atoms with van der Waals surface area (Å²) in [5.41, 5.74) is 1.43. The predicted molar refractivity (Wildman–Crippen MR) is 132 cm³/mol. The Labute approximate surface area is 207 Å². The second-order valence-electron chi connectivity index (χ2n) is 7.60. The summed E-state index contributed by atoms with van der Waals surface area (Å²) >= 11 is 12.7. The van der Waals surface area contributed by atoms with Crippen LogP contribution in [0, 0.1) is 10.1 Å². The molecule has 3 aromatic rings. The molecule has 3 rings (SSSR count). The maximum absolute atomic E-state index is 13.6. The lowest BCUT2D eigenvalue weighted by Gasteiger charge is -2.31. The van der Waals surface area contributed by atoms with Crippen LogP contribution in [0.4, 0.5) is 5.69 Å². The molecule has 176 valence electrons. The summed E-state index contributed by atoms with van der Waals surface area (Å²) in [5.74, 6) is -0.835. The highest BCUT2D eigenvalue weighted by Crippen LogP contribution is 2.28. The normalized spacial score (nSPS) is 11.5. The first-order valence-corrected chi connectivity index (χ1v) is 11.3. The summed E-state index contributed by atoms with van der Waals surface area (Å²) in [7, 11) is 1.49. The Morgan fingerprint density at radius 3 is 2.21 bits per heavy atom. The maximum Gasteiger partial charge on any atom is 0.273 e. The number of carbonyl (C=O) groups excluding carboxylic acids is 2. The largest absolute Gasteiger partial charge is 0.357 e. The Morgan fingerprint density at radius 2 is 1.59 bits per heavy atom. The van der Waals surface area contributed by atoms with Crippen LogP contribution in [0.3, 0.4) is 0 Å². The van der Waals surface area contributed by atoms with Crippen molar-refractivity contribution < 1.29 is 14.5 Å². The summed E-state index contributed by atoms with van der Waals surface area (Å²) in [6, 6.07) is 19.4. The lowest BCUT2D eigenvalue weighted by atomic mass is 10.0. The van der Waals surface area contributed by atoms with E-state index in [4.69, 9.17) is 23.2 Å². The van der Waals surface area contributed by atoms with Crippen LogP contribution in [-0.2, 0) is 29.0 Å². The minimum absolute atomic E-state index is 0.0388. The Balaban J connectivity index is 2.03. The van der Waals surface area contributed by atoms with E-state index in [1.54, 1.807) is 24.3 Å². The SMILES string of the molecule is CNC(=O)[C@@H](Cc1ccccc1)N(Cc1c(Cl)cccc1Cl)C(=O)Cc1ccccc1[N+](=O)[O-]. The summed E-state index contributed by atoms with van der Waals surface area (Å²) < 4.78 is 0. The average molecular weight is 500 g/mol. The van der Waals surface area contributed by atoms with Crippen molar-refractivity contribution >= 4 is 40.7 Å². The second-order valence-corrected chi connectivity index (χ2v) is 8.42. The number of para-hydroxylation sites is 1. The van der Waals surface area contributed by atoms with Crippen molar-refractivity contribution in [2.45, 2.75) is 25.4 Å². The predicted octanol–water partition coefficient (Wildman–Crippen LogP) is 4.83. The zero-order valence-electron chi connectivity index (χ0n) is 18.4. The third kappa shape index (κ3) is 6.12. The molecule has 0 bridgehead atoms. The van der Waals surface area contributed by atoms with Crippen molar-refractivity contribution in [2.75, 3.05) is 7.05 Å². The van der Waals surface area contributed by atoms with Crippen LogP contribution in [-0.4, -0.2) is 34.7 Å². The van der Waals surface area contributed by atoms with Gasteiger partial charge in [0.25, 0.3) is 5.69 Å². The minimum atomic E-state index is -0.894. The fourth-order valence-corrected chi connectivity index (χ4v) is 4.19. The van der Waals surface area contributed by atoms with E-state index < -0.39 is 16.9 Å². The van der Waals surface area contributed by atoms with Gasteiger partial charge < -0.3 is 10.2 Å². The number of amides is 2. The van der Waals surface area contributed by atoms with E-state index in [0.717, 1.165) is 5.56 Å². The zero-order valence-corrected chi connectivity index (χ0v) is 19.9. The standard InChI is InChI=1S/C25H23Cl2N3O4/c1-28-25(32)23(14-17-8-3-2-4-9-17)29(16-19-20(26)11-7-12-21(19)27)24(31)15-18-10-5-6-13-22(18)30(33)34/h2-13,23H,14-16H2,1H3,(H,28,32)/t23-/m1/s1. The van der Waals surface area contributed by atoms with Gasteiger partial charge in [-0.1, -0.05) is 77.8 Å². The lowest BCUT2D eigenvalue weighted by molar-refractivity contribution is -0.385. The number of hydrogen-bond donors (Lipinski definition) is 1. The summed E-state index contributed by atoms with van der Waals surface area (Å²) in [6.07, 6.45) is -0.0211. The van der Waals surface area contributed by atoms with E-state index in [1.165, 1.54) is 30.1 Å². The van der Waals surface area contributed by atoms with Crippen molar-refractivity contribution in [3.63, 3.8) is 0 Å². The van der Waals surface area contributed by atoms with Gasteiger partial charge in [0.15, 0.2) is 0 Å². The molecule has 0 aliphatic rings. The molecular weight excluding hydrogens is 477 g/mol. The first-order chi connectivity index (χ1) is 16.3. The molecule has 9 heteroatoms. The molecule has 34 heavy (non-hydrogen) atoms. The van der Waals surface area contributed by atoms with Gasteiger partial charge in [-0.05, 0) is 17.7 Å². The Hall–Kier alpha value is -3.42. The van der Waals surface area contributed by atoms with E-state index in [-0.39, 0.29) is 36.5 Å². The van der Waals surface area contributed by atoms with Gasteiger partial charge in [0, 0.05) is 47.3 Å². The molecule has 1 N–H and O–H groups in total. The minimum Gasteiger partial charge on any atom is -0.357 e. The van der Waals surface area contributed by atoms with Gasteiger partial charge in [0.2, 0.25) is 11.8 Å². The topological polar surface area (TPSA) is 92.6 Å². The number of hydrogen-bond acceptors (Lipinski definition) is 4. The fraction of sp³-hybridized carbons (Fsp3) is 0.200. The Kier molecular flexibility index (Phi) is 8.62. The van der Waals surface area contributed by atoms with E-state index >= 15 is 0 Å². The molecule has 2 amide bonds. The summed E-state index contributed by atoms with van der Waals surface area (Å²) in [4.78, 5) is 38.9. The van der Waals surface area contributed by atoms with Crippen LogP contribution in [0.25, 0.3) is 0 Å². The first kappa shape index (κ1) is 25.2. The third-order valence-electron chi connectivity index (χ3n) is 5.44. The molecule has 0 unspecified atom stereocenters. The Bertz CT molecular complexity index is 1170. The number of likely N-dealkylation sites (N-methyl/N-ethyl adjacent to an activating group) is 1. The highest BCUT2D eigenvalue weighted by Gasteiger charge is 2.31. The molecule has 1 atom stereocenters. The third-order valence-corrected chi connectivity index (χ3v) is 6.15. The number of nitrogens with zero attached hydrogens (tertiary/aromatic N) is 2. The van der Waals surface area contributed by atoms with Gasteiger partial charge in [-0.25, -0.2) is 0 Å². The molecule has 7 nitrogen and oxygen atoms in total. The van der Waals surface area contributed by atoms with Crippen molar-refractivity contribution in [1.82, 2.24) is 10.2 Å². The van der Waals surface area contributed by atoms with Gasteiger partial charge in [0.05, 0.1) is 11.3 Å². The van der Waals surface area contributed by atoms with Crippen LogP contribution in [0.2, 0.25) is 10.0 Å². The molecule has 0 fully saturated rings. The number of nitro benzene ring substituents is 1. The van der Waals surface area contributed by atoms with Gasteiger partial charge >= 0.3 is 0 Å². The average Bonchev–Trinajstić information content (AvgIpc) is 2.83. The monoisotopic (exact) mass is 499 g/mol. The van der Waals surface area contributed by atoms with Crippen LogP contribution in [0.1, 0.15) is 16.7 Å². The number of nitrogens with one attached hydrogen (secondary N) is 1. The Morgan fingerprint density at radius 1 is 0.971 bits per heavy atom. The first-order valence-electron chi connectivity index (χ1n) is 10.5.